The standard InChI is InChI=1S/C54H35N3OS/c1-54(2)43-21-8-6-17-38(43)42-30-35(26-28-44(42)54)51-55-52(57-53(56-51)41-20-12-24-48-50(41)40-18-7-9-23-47(40)59-48)36-25-27-39-46(31-36)58-45-22-11-19-37(49(39)45)34-16-10-15-33(29-34)32-13-4-3-5-14-32/h3-31H,1-2H3. The van der Waals surface area contributed by atoms with Crippen LogP contribution in [0.3, 0.4) is 0 Å². The molecule has 1 aliphatic carbocycles. The largest absolute Gasteiger partial charge is 0.456 e. The first-order chi connectivity index (χ1) is 29.0. The van der Waals surface area contributed by atoms with Crippen molar-refractivity contribution in [3.05, 3.63) is 187 Å². The molecule has 12 rings (SSSR count). The van der Waals surface area contributed by atoms with Gasteiger partial charge in [0.15, 0.2) is 17.5 Å². The molecule has 278 valence electrons. The first kappa shape index (κ1) is 33.9. The fourth-order valence-electron chi connectivity index (χ4n) is 9.28. The summed E-state index contributed by atoms with van der Waals surface area (Å²) in [6, 6.07) is 62.4. The molecule has 11 aromatic rings. The van der Waals surface area contributed by atoms with E-state index in [0.29, 0.717) is 17.5 Å². The van der Waals surface area contributed by atoms with Crippen LogP contribution in [0.25, 0.3) is 110 Å². The molecule has 1 aliphatic rings. The van der Waals surface area contributed by atoms with Gasteiger partial charge in [-0.15, -0.1) is 11.3 Å². The number of thiophene rings is 1. The molecular formula is C54H35N3OS. The van der Waals surface area contributed by atoms with Gasteiger partial charge in [0.2, 0.25) is 0 Å². The molecule has 3 heterocycles. The fourth-order valence-corrected chi connectivity index (χ4v) is 10.4. The molecule has 0 radical (unpaired) electrons. The summed E-state index contributed by atoms with van der Waals surface area (Å²) in [5.41, 5.74) is 14.1. The molecule has 0 atom stereocenters. The Balaban J connectivity index is 1.04. The molecule has 0 spiro atoms. The fraction of sp³-hybridized carbons (Fsp3) is 0.0556. The van der Waals surface area contributed by atoms with E-state index in [9.17, 15) is 0 Å². The maximum atomic E-state index is 6.65. The Morgan fingerprint density at radius 2 is 1.03 bits per heavy atom. The van der Waals surface area contributed by atoms with Crippen LogP contribution in [-0.2, 0) is 5.41 Å². The second-order valence-corrected chi connectivity index (χ2v) is 17.0. The smallest absolute Gasteiger partial charge is 0.164 e. The lowest BCUT2D eigenvalue weighted by molar-refractivity contribution is 0.660. The van der Waals surface area contributed by atoms with E-state index in [-0.39, 0.29) is 5.41 Å². The Morgan fingerprint density at radius 3 is 1.93 bits per heavy atom. The lowest BCUT2D eigenvalue weighted by Gasteiger charge is -2.21. The van der Waals surface area contributed by atoms with Gasteiger partial charge in [-0.25, -0.2) is 15.0 Å². The van der Waals surface area contributed by atoms with E-state index in [1.54, 1.807) is 11.3 Å². The first-order valence-electron chi connectivity index (χ1n) is 20.0. The summed E-state index contributed by atoms with van der Waals surface area (Å²) in [7, 11) is 0. The van der Waals surface area contributed by atoms with Crippen LogP contribution >= 0.6 is 11.3 Å². The van der Waals surface area contributed by atoms with Crippen molar-refractivity contribution in [2.75, 3.05) is 0 Å². The molecule has 0 saturated heterocycles. The zero-order chi connectivity index (χ0) is 39.2. The van der Waals surface area contributed by atoms with Crippen molar-refractivity contribution in [3.63, 3.8) is 0 Å². The third kappa shape index (κ3) is 5.32. The summed E-state index contributed by atoms with van der Waals surface area (Å²) >= 11 is 1.80. The predicted octanol–water partition coefficient (Wildman–Crippen LogP) is 14.8. The zero-order valence-electron chi connectivity index (χ0n) is 32.4. The van der Waals surface area contributed by atoms with Crippen LogP contribution in [0.2, 0.25) is 0 Å². The highest BCUT2D eigenvalue weighted by Gasteiger charge is 2.35. The summed E-state index contributed by atoms with van der Waals surface area (Å²) in [4.78, 5) is 15.8. The summed E-state index contributed by atoms with van der Waals surface area (Å²) in [5, 5.41) is 4.51. The normalized spacial score (nSPS) is 13.1. The van der Waals surface area contributed by atoms with Gasteiger partial charge in [0, 0.05) is 53.1 Å². The number of rotatable bonds is 5. The minimum Gasteiger partial charge on any atom is -0.456 e. The second kappa shape index (κ2) is 12.9. The lowest BCUT2D eigenvalue weighted by atomic mass is 9.82. The van der Waals surface area contributed by atoms with Gasteiger partial charge in [0.25, 0.3) is 0 Å². The van der Waals surface area contributed by atoms with E-state index in [2.05, 4.69) is 190 Å². The van der Waals surface area contributed by atoms with E-state index in [0.717, 1.165) is 55.1 Å². The highest BCUT2D eigenvalue weighted by molar-refractivity contribution is 7.25. The van der Waals surface area contributed by atoms with Gasteiger partial charge in [0.1, 0.15) is 11.2 Å². The van der Waals surface area contributed by atoms with Gasteiger partial charge < -0.3 is 4.42 Å². The average molecular weight is 774 g/mol. The quantitative estimate of drug-likeness (QED) is 0.175. The van der Waals surface area contributed by atoms with Crippen LogP contribution in [0, 0.1) is 0 Å². The molecule has 0 fully saturated rings. The van der Waals surface area contributed by atoms with Crippen LogP contribution in [0.4, 0.5) is 0 Å². The maximum absolute atomic E-state index is 6.65. The monoisotopic (exact) mass is 773 g/mol. The number of nitrogens with zero attached hydrogens (tertiary/aromatic N) is 3. The number of aromatic nitrogens is 3. The molecule has 5 heteroatoms. The van der Waals surface area contributed by atoms with E-state index in [4.69, 9.17) is 19.4 Å². The molecule has 4 nitrogen and oxygen atoms in total. The van der Waals surface area contributed by atoms with Gasteiger partial charge in [-0.1, -0.05) is 147 Å². The van der Waals surface area contributed by atoms with Crippen LogP contribution in [0.1, 0.15) is 25.0 Å². The Bertz CT molecular complexity index is 3490. The third-order valence-corrected chi connectivity index (χ3v) is 13.3. The second-order valence-electron chi connectivity index (χ2n) is 16.0. The minimum atomic E-state index is -0.0952. The average Bonchev–Trinajstić information content (AvgIpc) is 3.94. The third-order valence-electron chi connectivity index (χ3n) is 12.2. The predicted molar refractivity (Wildman–Crippen MR) is 245 cm³/mol. The van der Waals surface area contributed by atoms with Crippen molar-refractivity contribution in [3.8, 4) is 67.5 Å². The van der Waals surface area contributed by atoms with Crippen LogP contribution in [-0.4, -0.2) is 15.0 Å². The van der Waals surface area contributed by atoms with Crippen molar-refractivity contribution < 1.29 is 4.42 Å². The molecule has 0 aliphatic heterocycles. The van der Waals surface area contributed by atoms with Crippen LogP contribution < -0.4 is 0 Å². The Labute approximate surface area is 345 Å². The Kier molecular flexibility index (Phi) is 7.41. The van der Waals surface area contributed by atoms with Gasteiger partial charge in [0.05, 0.1) is 0 Å². The summed E-state index contributed by atoms with van der Waals surface area (Å²) < 4.78 is 9.10. The van der Waals surface area contributed by atoms with Gasteiger partial charge in [-0.05, 0) is 87.0 Å². The molecule has 0 N–H and O–H groups in total. The number of hydrogen-bond donors (Lipinski definition) is 0. The number of furan rings is 1. The summed E-state index contributed by atoms with van der Waals surface area (Å²) in [6.07, 6.45) is 0. The molecule has 3 aromatic heterocycles. The van der Waals surface area contributed by atoms with E-state index in [1.165, 1.54) is 48.2 Å². The topological polar surface area (TPSA) is 51.8 Å². The van der Waals surface area contributed by atoms with Gasteiger partial charge >= 0.3 is 0 Å². The molecule has 0 saturated carbocycles. The molecule has 0 amide bonds. The Hall–Kier alpha value is -7.21. The van der Waals surface area contributed by atoms with Crippen LogP contribution in [0.15, 0.2) is 180 Å². The van der Waals surface area contributed by atoms with E-state index < -0.39 is 0 Å². The molecule has 59 heavy (non-hydrogen) atoms. The van der Waals surface area contributed by atoms with E-state index >= 15 is 0 Å². The summed E-state index contributed by atoms with van der Waals surface area (Å²) in [5.74, 6) is 1.88. The van der Waals surface area contributed by atoms with Gasteiger partial charge in [-0.3, -0.25) is 0 Å². The zero-order valence-corrected chi connectivity index (χ0v) is 33.2. The van der Waals surface area contributed by atoms with Gasteiger partial charge in [-0.2, -0.15) is 0 Å². The maximum Gasteiger partial charge on any atom is 0.164 e. The van der Waals surface area contributed by atoms with Crippen molar-refractivity contribution in [1.29, 1.82) is 0 Å². The van der Waals surface area contributed by atoms with Crippen molar-refractivity contribution >= 4 is 53.4 Å². The highest BCUT2D eigenvalue weighted by atomic mass is 32.1. The van der Waals surface area contributed by atoms with Crippen molar-refractivity contribution in [1.82, 2.24) is 15.0 Å². The van der Waals surface area contributed by atoms with E-state index in [1.807, 2.05) is 0 Å². The van der Waals surface area contributed by atoms with Crippen molar-refractivity contribution in [2.45, 2.75) is 19.3 Å². The lowest BCUT2D eigenvalue weighted by Crippen LogP contribution is -2.14. The SMILES string of the molecule is CC1(C)c2ccccc2-c2cc(-c3nc(-c4ccc5c(c4)oc4cccc(-c6cccc(-c7ccccc7)c6)c45)nc(-c4cccc5sc6ccccc6c45)n3)ccc21. The van der Waals surface area contributed by atoms with Crippen LogP contribution in [0.5, 0.6) is 0 Å². The number of benzene rings is 8. The first-order valence-corrected chi connectivity index (χ1v) is 20.8. The highest BCUT2D eigenvalue weighted by Crippen LogP contribution is 2.50. The summed E-state index contributed by atoms with van der Waals surface area (Å²) in [6.45, 7) is 4.61. The molecular weight excluding hydrogens is 739 g/mol. The number of fused-ring (bicyclic) bond motifs is 9. The Morgan fingerprint density at radius 1 is 0.390 bits per heavy atom. The molecule has 8 aromatic carbocycles. The molecule has 0 bridgehead atoms. The van der Waals surface area contributed by atoms with Crippen molar-refractivity contribution in [2.24, 2.45) is 0 Å². The number of hydrogen-bond acceptors (Lipinski definition) is 5. The molecule has 0 unspecified atom stereocenters. The minimum absolute atomic E-state index is 0.0952.